The monoisotopic (exact) mass is 342 g/mol. The number of methoxy groups -OCH3 is 1. The van der Waals surface area contributed by atoms with E-state index in [1.165, 1.54) is 12.1 Å². The number of nitrogens with zero attached hydrogens (tertiary/aromatic N) is 1. The van der Waals surface area contributed by atoms with Crippen LogP contribution in [0.1, 0.15) is 18.4 Å². The molecule has 4 nitrogen and oxygen atoms in total. The Morgan fingerprint density at radius 2 is 2.08 bits per heavy atom. The van der Waals surface area contributed by atoms with Crippen molar-refractivity contribution in [1.82, 2.24) is 4.90 Å². The van der Waals surface area contributed by atoms with E-state index in [2.05, 4.69) is 10.2 Å². The van der Waals surface area contributed by atoms with Gasteiger partial charge in [0.05, 0.1) is 13.0 Å². The highest BCUT2D eigenvalue weighted by molar-refractivity contribution is 5.92. The molecule has 0 saturated carbocycles. The Labute approximate surface area is 147 Å². The van der Waals surface area contributed by atoms with E-state index in [0.717, 1.165) is 42.9 Å². The van der Waals surface area contributed by atoms with Gasteiger partial charge in [-0.05, 0) is 49.2 Å². The maximum Gasteiger partial charge on any atom is 0.228 e. The third kappa shape index (κ3) is 4.79. The smallest absolute Gasteiger partial charge is 0.228 e. The van der Waals surface area contributed by atoms with Crippen LogP contribution in [0.3, 0.4) is 0 Å². The summed E-state index contributed by atoms with van der Waals surface area (Å²) in [6.07, 6.45) is 1.87. The van der Waals surface area contributed by atoms with Gasteiger partial charge in [-0.3, -0.25) is 9.69 Å². The Kier molecular flexibility index (Phi) is 5.66. The fourth-order valence-electron chi connectivity index (χ4n) is 3.21. The molecule has 1 atom stereocenters. The highest BCUT2D eigenvalue weighted by atomic mass is 19.1. The lowest BCUT2D eigenvalue weighted by atomic mass is 9.96. The largest absolute Gasteiger partial charge is 0.497 e. The van der Waals surface area contributed by atoms with Crippen molar-refractivity contribution >= 4 is 11.6 Å². The van der Waals surface area contributed by atoms with E-state index in [1.54, 1.807) is 19.2 Å². The van der Waals surface area contributed by atoms with E-state index in [0.29, 0.717) is 6.54 Å². The van der Waals surface area contributed by atoms with Crippen LogP contribution in [0.15, 0.2) is 48.5 Å². The minimum atomic E-state index is -0.224. The Balaban J connectivity index is 1.58. The number of benzene rings is 2. The van der Waals surface area contributed by atoms with Crippen LogP contribution in [0.25, 0.3) is 0 Å². The molecule has 1 unspecified atom stereocenters. The maximum absolute atomic E-state index is 13.0. The van der Waals surface area contributed by atoms with E-state index in [-0.39, 0.29) is 17.6 Å². The Hall–Kier alpha value is -2.40. The summed E-state index contributed by atoms with van der Waals surface area (Å²) >= 11 is 0. The van der Waals surface area contributed by atoms with Crippen LogP contribution in [-0.2, 0) is 11.3 Å². The van der Waals surface area contributed by atoms with E-state index >= 15 is 0 Å². The first-order valence-corrected chi connectivity index (χ1v) is 8.56. The zero-order valence-electron chi connectivity index (χ0n) is 14.4. The van der Waals surface area contributed by atoms with E-state index in [4.69, 9.17) is 4.74 Å². The summed E-state index contributed by atoms with van der Waals surface area (Å²) in [6.45, 7) is 2.41. The van der Waals surface area contributed by atoms with Crippen molar-refractivity contribution in [1.29, 1.82) is 0 Å². The average molecular weight is 342 g/mol. The molecule has 0 aliphatic carbocycles. The van der Waals surface area contributed by atoms with Gasteiger partial charge >= 0.3 is 0 Å². The van der Waals surface area contributed by atoms with E-state index < -0.39 is 0 Å². The normalized spacial score (nSPS) is 17.9. The van der Waals surface area contributed by atoms with Crippen molar-refractivity contribution in [2.75, 3.05) is 25.5 Å². The molecule has 132 valence electrons. The van der Waals surface area contributed by atoms with Gasteiger partial charge in [-0.2, -0.15) is 0 Å². The van der Waals surface area contributed by atoms with Crippen molar-refractivity contribution in [3.8, 4) is 5.75 Å². The van der Waals surface area contributed by atoms with Crippen molar-refractivity contribution < 1.29 is 13.9 Å². The van der Waals surface area contributed by atoms with Gasteiger partial charge in [-0.15, -0.1) is 0 Å². The third-order valence-electron chi connectivity index (χ3n) is 4.53. The summed E-state index contributed by atoms with van der Waals surface area (Å²) < 4.78 is 18.2. The molecule has 1 aliphatic rings. The number of hydrogen-bond donors (Lipinski definition) is 1. The van der Waals surface area contributed by atoms with E-state index in [1.807, 2.05) is 24.3 Å². The fraction of sp³-hybridized carbons (Fsp3) is 0.350. The summed E-state index contributed by atoms with van der Waals surface area (Å²) in [6, 6.07) is 13.9. The molecule has 0 radical (unpaired) electrons. The molecule has 2 aromatic rings. The molecular weight excluding hydrogens is 319 g/mol. The molecule has 0 bridgehead atoms. The minimum Gasteiger partial charge on any atom is -0.497 e. The summed E-state index contributed by atoms with van der Waals surface area (Å²) in [7, 11) is 1.61. The number of piperidine rings is 1. The molecule has 25 heavy (non-hydrogen) atoms. The molecule has 3 rings (SSSR count). The molecule has 1 fully saturated rings. The SMILES string of the molecule is COc1cccc(NC(=O)C2CCCN(Cc3ccc(F)cc3)C2)c1. The second-order valence-electron chi connectivity index (χ2n) is 6.42. The van der Waals surface area contributed by atoms with Crippen LogP contribution in [0.4, 0.5) is 10.1 Å². The Morgan fingerprint density at radius 3 is 2.84 bits per heavy atom. The third-order valence-corrected chi connectivity index (χ3v) is 4.53. The number of nitrogens with one attached hydrogen (secondary N) is 1. The van der Waals surface area contributed by atoms with Crippen LogP contribution < -0.4 is 10.1 Å². The maximum atomic E-state index is 13.0. The standard InChI is InChI=1S/C20H23FN2O2/c1-25-19-6-2-5-18(12-19)22-20(24)16-4-3-11-23(14-16)13-15-7-9-17(21)10-8-15/h2,5-10,12,16H,3-4,11,13-14H2,1H3,(H,22,24). The minimum absolute atomic E-state index is 0.0389. The lowest BCUT2D eigenvalue weighted by Gasteiger charge is -2.32. The number of anilines is 1. The predicted molar refractivity (Wildman–Crippen MR) is 96.0 cm³/mol. The Morgan fingerprint density at radius 1 is 1.28 bits per heavy atom. The molecule has 1 heterocycles. The number of halogens is 1. The number of amides is 1. The van der Waals surface area contributed by atoms with Crippen molar-refractivity contribution in [2.24, 2.45) is 5.92 Å². The number of ether oxygens (including phenoxy) is 1. The molecule has 1 N–H and O–H groups in total. The molecule has 1 aliphatic heterocycles. The molecule has 2 aromatic carbocycles. The van der Waals surface area contributed by atoms with Crippen LogP contribution in [-0.4, -0.2) is 31.0 Å². The lowest BCUT2D eigenvalue weighted by Crippen LogP contribution is -2.40. The van der Waals surface area contributed by atoms with Crippen molar-refractivity contribution in [2.45, 2.75) is 19.4 Å². The van der Waals surface area contributed by atoms with Gasteiger partial charge in [0.2, 0.25) is 5.91 Å². The first-order chi connectivity index (χ1) is 12.1. The quantitative estimate of drug-likeness (QED) is 0.901. The van der Waals surface area contributed by atoms with Crippen molar-refractivity contribution in [3.63, 3.8) is 0 Å². The molecule has 5 heteroatoms. The van der Waals surface area contributed by atoms with E-state index in [9.17, 15) is 9.18 Å². The first kappa shape index (κ1) is 17.4. The number of hydrogen-bond acceptors (Lipinski definition) is 3. The van der Waals surface area contributed by atoms with Gasteiger partial charge in [0, 0.05) is 24.8 Å². The van der Waals surface area contributed by atoms with Crippen LogP contribution in [0.5, 0.6) is 5.75 Å². The second-order valence-corrected chi connectivity index (χ2v) is 6.42. The number of rotatable bonds is 5. The van der Waals surface area contributed by atoms with Gasteiger partial charge in [0.25, 0.3) is 0 Å². The van der Waals surface area contributed by atoms with Crippen LogP contribution in [0, 0.1) is 11.7 Å². The van der Waals surface area contributed by atoms with Gasteiger partial charge in [0.1, 0.15) is 11.6 Å². The zero-order chi connectivity index (χ0) is 17.6. The summed E-state index contributed by atoms with van der Waals surface area (Å²) in [5.74, 6) is 0.495. The van der Waals surface area contributed by atoms with Gasteiger partial charge in [-0.25, -0.2) is 4.39 Å². The van der Waals surface area contributed by atoms with Gasteiger partial charge in [0.15, 0.2) is 0 Å². The average Bonchev–Trinajstić information content (AvgIpc) is 2.64. The van der Waals surface area contributed by atoms with Crippen molar-refractivity contribution in [3.05, 3.63) is 59.9 Å². The highest BCUT2D eigenvalue weighted by Gasteiger charge is 2.25. The first-order valence-electron chi connectivity index (χ1n) is 8.56. The lowest BCUT2D eigenvalue weighted by molar-refractivity contribution is -0.121. The highest BCUT2D eigenvalue weighted by Crippen LogP contribution is 2.22. The van der Waals surface area contributed by atoms with Gasteiger partial charge in [-0.1, -0.05) is 18.2 Å². The molecule has 1 saturated heterocycles. The number of carbonyl (C=O) groups excluding carboxylic acids is 1. The van der Waals surface area contributed by atoms with Gasteiger partial charge < -0.3 is 10.1 Å². The molecule has 0 spiro atoms. The second kappa shape index (κ2) is 8.12. The molecular formula is C20H23FN2O2. The topological polar surface area (TPSA) is 41.6 Å². The van der Waals surface area contributed by atoms with Crippen LogP contribution in [0.2, 0.25) is 0 Å². The molecule has 0 aromatic heterocycles. The summed E-state index contributed by atoms with van der Waals surface area (Å²) in [4.78, 5) is 14.8. The summed E-state index contributed by atoms with van der Waals surface area (Å²) in [5, 5.41) is 2.98. The summed E-state index contributed by atoms with van der Waals surface area (Å²) in [5.41, 5.74) is 1.82. The fourth-order valence-corrected chi connectivity index (χ4v) is 3.21. The Bertz CT molecular complexity index is 718. The predicted octanol–water partition coefficient (Wildman–Crippen LogP) is 3.69. The number of likely N-dealkylation sites (tertiary alicyclic amines) is 1. The molecule has 1 amide bonds. The zero-order valence-corrected chi connectivity index (χ0v) is 14.4. The number of carbonyl (C=O) groups is 1. The van der Waals surface area contributed by atoms with Crippen LogP contribution >= 0.6 is 0 Å².